The maximum absolute atomic E-state index is 12.0. The fourth-order valence-electron chi connectivity index (χ4n) is 5.15. The summed E-state index contributed by atoms with van der Waals surface area (Å²) in [6.07, 6.45) is 5.52. The van der Waals surface area contributed by atoms with Crippen LogP contribution in [0.4, 0.5) is 0 Å². The van der Waals surface area contributed by atoms with Gasteiger partial charge < -0.3 is 19.4 Å². The van der Waals surface area contributed by atoms with Gasteiger partial charge in [0, 0.05) is 12.8 Å². The first-order chi connectivity index (χ1) is 19.2. The van der Waals surface area contributed by atoms with E-state index in [1.165, 1.54) is 14.2 Å². The Balaban J connectivity index is 0.00000387. The Morgan fingerprint density at radius 3 is 1.59 bits per heavy atom. The van der Waals surface area contributed by atoms with Gasteiger partial charge in [-0.2, -0.15) is 0 Å². The van der Waals surface area contributed by atoms with Gasteiger partial charge in [0.25, 0.3) is 0 Å². The van der Waals surface area contributed by atoms with Gasteiger partial charge in [0.05, 0.1) is 37.0 Å². The predicted octanol–water partition coefficient (Wildman–Crippen LogP) is 5.52. The minimum Gasteiger partial charge on any atom is -0.657 e. The molecule has 3 aromatic rings. The van der Waals surface area contributed by atoms with Gasteiger partial charge >= 0.3 is 29.0 Å². The molecule has 0 fully saturated rings. The second kappa shape index (κ2) is 12.3. The summed E-state index contributed by atoms with van der Waals surface area (Å²) in [6.45, 7) is 8.10. The minimum absolute atomic E-state index is 0. The summed E-state index contributed by atoms with van der Waals surface area (Å²) < 4.78 is 9.80. The number of hydrogen-bond acceptors (Lipinski definition) is 6. The van der Waals surface area contributed by atoms with E-state index in [1.54, 1.807) is 0 Å². The van der Waals surface area contributed by atoms with Gasteiger partial charge in [-0.15, -0.1) is 22.1 Å². The molecule has 0 spiro atoms. The number of aromatic nitrogens is 4. The Morgan fingerprint density at radius 2 is 1.10 bits per heavy atom. The number of fused-ring (bicyclic) bond motifs is 8. The fourth-order valence-corrected chi connectivity index (χ4v) is 5.15. The Labute approximate surface area is 249 Å². The maximum atomic E-state index is 12.0. The molecule has 1 radical (unpaired) electrons. The summed E-state index contributed by atoms with van der Waals surface area (Å²) in [5.74, 6) is -0.558. The van der Waals surface area contributed by atoms with Gasteiger partial charge in [-0.25, -0.2) is 9.97 Å². The van der Waals surface area contributed by atoms with Crippen LogP contribution >= 0.6 is 0 Å². The first-order valence-corrected chi connectivity index (χ1v) is 13.3. The van der Waals surface area contributed by atoms with E-state index in [-0.39, 0.29) is 41.8 Å². The SMILES string of the molecule is COC(=O)CCc1c(C)c2cc3nc(cc4nc(cc5[n-]c(cc1[n-]2)c(CCC(=O)OC)c5C)C(C)=C4)C(C)=C3.[Cu+2]. The van der Waals surface area contributed by atoms with Crippen LogP contribution in [0.15, 0.2) is 24.3 Å². The molecular formula is C32H32CuN4O4. The zero-order valence-electron chi connectivity index (χ0n) is 24.0. The summed E-state index contributed by atoms with van der Waals surface area (Å²) in [6, 6.07) is 7.91. The van der Waals surface area contributed by atoms with Gasteiger partial charge in [-0.3, -0.25) is 9.59 Å². The number of nitrogens with zero attached hydrogens (tertiary/aromatic N) is 4. The fraction of sp³-hybridized carbons (Fsp3) is 0.312. The van der Waals surface area contributed by atoms with Crippen LogP contribution < -0.4 is 9.97 Å². The molecule has 8 nitrogen and oxygen atoms in total. The van der Waals surface area contributed by atoms with Crippen molar-refractivity contribution in [2.45, 2.75) is 53.4 Å². The predicted molar refractivity (Wildman–Crippen MR) is 156 cm³/mol. The van der Waals surface area contributed by atoms with E-state index in [9.17, 15) is 9.59 Å². The van der Waals surface area contributed by atoms with E-state index in [0.29, 0.717) is 12.8 Å². The van der Waals surface area contributed by atoms with Crippen molar-refractivity contribution in [1.82, 2.24) is 19.9 Å². The second-order valence-corrected chi connectivity index (χ2v) is 10.2. The summed E-state index contributed by atoms with van der Waals surface area (Å²) in [4.78, 5) is 43.7. The van der Waals surface area contributed by atoms with Crippen LogP contribution in [0.3, 0.4) is 0 Å². The van der Waals surface area contributed by atoms with Crippen molar-refractivity contribution in [3.05, 3.63) is 69.3 Å². The average Bonchev–Trinajstić information content (AvgIpc) is 3.62. The number of carbonyl (C=O) groups excluding carboxylic acids is 2. The van der Waals surface area contributed by atoms with Crippen molar-refractivity contribution in [1.29, 1.82) is 0 Å². The van der Waals surface area contributed by atoms with Gasteiger partial charge in [-0.05, 0) is 69.9 Å². The summed E-state index contributed by atoms with van der Waals surface area (Å²) in [7, 11) is 2.79. The van der Waals surface area contributed by atoms with Crippen molar-refractivity contribution in [3.8, 4) is 0 Å². The van der Waals surface area contributed by atoms with Gasteiger partial charge in [0.15, 0.2) is 0 Å². The smallest absolute Gasteiger partial charge is 0.657 e. The van der Waals surface area contributed by atoms with Gasteiger partial charge in [-0.1, -0.05) is 40.5 Å². The van der Waals surface area contributed by atoms with Crippen molar-refractivity contribution in [2.24, 2.45) is 0 Å². The van der Waals surface area contributed by atoms with E-state index in [2.05, 4.69) is 0 Å². The molecule has 215 valence electrons. The second-order valence-electron chi connectivity index (χ2n) is 10.2. The summed E-state index contributed by atoms with van der Waals surface area (Å²) in [5, 5.41) is 0. The van der Waals surface area contributed by atoms with Crippen LogP contribution in [0.2, 0.25) is 0 Å². The van der Waals surface area contributed by atoms with E-state index in [1.807, 2.05) is 64.1 Å². The molecule has 0 atom stereocenters. The quantitative estimate of drug-likeness (QED) is 0.269. The molecule has 0 N–H and O–H groups in total. The molecule has 0 aromatic carbocycles. The van der Waals surface area contributed by atoms with Crippen molar-refractivity contribution in [2.75, 3.05) is 14.2 Å². The molecule has 0 saturated heterocycles. The van der Waals surface area contributed by atoms with E-state index < -0.39 is 0 Å². The first-order valence-electron chi connectivity index (χ1n) is 13.3. The number of allylic oxidation sites excluding steroid dienone is 2. The van der Waals surface area contributed by atoms with Crippen LogP contribution in [-0.2, 0) is 49.0 Å². The van der Waals surface area contributed by atoms with Crippen LogP contribution in [0.25, 0.3) is 45.4 Å². The molecule has 0 unspecified atom stereocenters. The van der Waals surface area contributed by atoms with Crippen LogP contribution in [0.1, 0.15) is 71.7 Å². The monoisotopic (exact) mass is 599 g/mol. The van der Waals surface area contributed by atoms with E-state index in [4.69, 9.17) is 29.4 Å². The number of methoxy groups -OCH3 is 2. The first kappa shape index (κ1) is 30.0. The number of aryl methyl sites for hydroxylation is 4. The number of ether oxygens (including phenoxy) is 2. The number of rotatable bonds is 6. The van der Waals surface area contributed by atoms with E-state index in [0.717, 1.165) is 78.2 Å². The average molecular weight is 600 g/mol. The van der Waals surface area contributed by atoms with Crippen molar-refractivity contribution in [3.63, 3.8) is 0 Å². The molecule has 5 rings (SSSR count). The normalized spacial score (nSPS) is 12.3. The van der Waals surface area contributed by atoms with Crippen molar-refractivity contribution >= 4 is 57.3 Å². The molecule has 8 bridgehead atoms. The Hall–Kier alpha value is -3.94. The Bertz CT molecular complexity index is 1760. The molecule has 0 aliphatic carbocycles. The van der Waals surface area contributed by atoms with Gasteiger partial charge in [0.2, 0.25) is 0 Å². The Morgan fingerprint density at radius 1 is 0.659 bits per heavy atom. The van der Waals surface area contributed by atoms with Crippen LogP contribution in [-0.4, -0.2) is 36.1 Å². The summed E-state index contributed by atoms with van der Waals surface area (Å²) >= 11 is 0. The third-order valence-corrected chi connectivity index (χ3v) is 7.54. The minimum atomic E-state index is -0.279. The number of hydrogen-bond donors (Lipinski definition) is 0. The van der Waals surface area contributed by atoms with Crippen molar-refractivity contribution < 1.29 is 36.1 Å². The molecule has 41 heavy (non-hydrogen) atoms. The molecule has 0 saturated carbocycles. The zero-order valence-corrected chi connectivity index (χ0v) is 25.0. The zero-order chi connectivity index (χ0) is 28.6. The molecule has 2 aliphatic heterocycles. The largest absolute Gasteiger partial charge is 2.00 e. The molecule has 5 heterocycles. The van der Waals surface area contributed by atoms with Crippen LogP contribution in [0.5, 0.6) is 0 Å². The number of esters is 2. The van der Waals surface area contributed by atoms with E-state index >= 15 is 0 Å². The third-order valence-electron chi connectivity index (χ3n) is 7.54. The standard InChI is InChI=1S/C32H32N4O4.Cu/c1-17-11-22-14-27-19(3)23(7-9-31(37)39-5)29(35-27)16-30-24(8-10-32(38)40-6)20(4)28(36-30)15-26-18(2)12-21(34-26)13-25(17)33-22;/h11-16H,7-10H2,1-6H3;/q-2;+2. The molecule has 0 amide bonds. The topological polar surface area (TPSA) is 107 Å². The molecule has 9 heteroatoms. The number of carbonyl (C=O) groups is 2. The maximum Gasteiger partial charge on any atom is 2.00 e. The molecular weight excluding hydrogens is 568 g/mol. The Kier molecular flexibility index (Phi) is 9.00. The molecule has 3 aromatic heterocycles. The summed E-state index contributed by atoms with van der Waals surface area (Å²) in [5.41, 5.74) is 12.4. The molecule has 2 aliphatic rings. The van der Waals surface area contributed by atoms with Crippen LogP contribution in [0, 0.1) is 13.8 Å². The third kappa shape index (κ3) is 6.21. The van der Waals surface area contributed by atoms with Gasteiger partial charge in [0.1, 0.15) is 0 Å².